The fourth-order valence-corrected chi connectivity index (χ4v) is 4.12. The molecule has 8 heteroatoms. The molecule has 0 heterocycles. The van der Waals surface area contributed by atoms with Crippen molar-refractivity contribution in [2.45, 2.75) is 124 Å². The number of hydrogen-bond acceptors (Lipinski definition) is 8. The van der Waals surface area contributed by atoms with Crippen LogP contribution in [0.4, 0.5) is 4.79 Å². The van der Waals surface area contributed by atoms with Gasteiger partial charge in [-0.15, -0.1) is 0 Å². The third-order valence-electron chi connectivity index (χ3n) is 6.87. The van der Waals surface area contributed by atoms with Crippen LogP contribution in [-0.2, 0) is 28.5 Å². The molecule has 0 amide bonds. The molecular formula is C34H63NO7. The smallest absolute Gasteiger partial charge is 0.465 e. The van der Waals surface area contributed by atoms with E-state index in [9.17, 15) is 9.59 Å². The zero-order valence-corrected chi connectivity index (χ0v) is 27.6. The summed E-state index contributed by atoms with van der Waals surface area (Å²) in [6.07, 6.45) is 20.6. The molecular weight excluding hydrogens is 534 g/mol. The minimum absolute atomic E-state index is 0.132. The van der Waals surface area contributed by atoms with Crippen molar-refractivity contribution in [2.24, 2.45) is 5.92 Å². The zero-order valence-electron chi connectivity index (χ0n) is 27.6. The zero-order chi connectivity index (χ0) is 31.1. The molecule has 1 atom stereocenters. The van der Waals surface area contributed by atoms with E-state index in [-0.39, 0.29) is 31.5 Å². The highest BCUT2D eigenvalue weighted by Gasteiger charge is 2.15. The maximum atomic E-state index is 12.4. The Labute approximate surface area is 257 Å². The van der Waals surface area contributed by atoms with E-state index >= 15 is 0 Å². The van der Waals surface area contributed by atoms with E-state index in [0.717, 1.165) is 38.9 Å². The van der Waals surface area contributed by atoms with Crippen LogP contribution >= 0.6 is 0 Å². The number of nitrogens with zero attached hydrogens (tertiary/aromatic N) is 1. The molecule has 0 aliphatic rings. The molecule has 0 aliphatic carbocycles. The van der Waals surface area contributed by atoms with Gasteiger partial charge in [-0.05, 0) is 45.2 Å². The van der Waals surface area contributed by atoms with Gasteiger partial charge >= 0.3 is 12.1 Å². The lowest BCUT2D eigenvalue weighted by atomic mass is 10.1. The van der Waals surface area contributed by atoms with Crippen LogP contribution in [0, 0.1) is 5.92 Å². The Balaban J connectivity index is 4.32. The van der Waals surface area contributed by atoms with Crippen LogP contribution in [0.5, 0.6) is 0 Å². The lowest BCUT2D eigenvalue weighted by Crippen LogP contribution is -2.25. The minimum atomic E-state index is -0.685. The second-order valence-electron chi connectivity index (χ2n) is 10.9. The third-order valence-corrected chi connectivity index (χ3v) is 6.87. The van der Waals surface area contributed by atoms with Crippen molar-refractivity contribution in [3.8, 4) is 0 Å². The van der Waals surface area contributed by atoms with Crippen LogP contribution in [0.25, 0.3) is 0 Å². The molecule has 0 bridgehead atoms. The quantitative estimate of drug-likeness (QED) is 0.0369. The Hall–Kier alpha value is -1.90. The largest absolute Gasteiger partial charge is 0.508 e. The summed E-state index contributed by atoms with van der Waals surface area (Å²) in [6, 6.07) is 0. The highest BCUT2D eigenvalue weighted by atomic mass is 16.7. The topological polar surface area (TPSA) is 83.5 Å². The maximum Gasteiger partial charge on any atom is 0.508 e. The predicted octanol–water partition coefficient (Wildman–Crippen LogP) is 8.24. The van der Waals surface area contributed by atoms with Crippen molar-refractivity contribution >= 4 is 12.1 Å². The molecule has 0 aromatic heterocycles. The highest BCUT2D eigenvalue weighted by Crippen LogP contribution is 2.09. The number of ether oxygens (including phenoxy) is 5. The highest BCUT2D eigenvalue weighted by molar-refractivity contribution is 5.69. The van der Waals surface area contributed by atoms with Crippen LogP contribution in [0.2, 0.25) is 0 Å². The Kier molecular flexibility index (Phi) is 29.2. The minimum Gasteiger partial charge on any atom is -0.465 e. The van der Waals surface area contributed by atoms with E-state index in [1.165, 1.54) is 51.4 Å². The van der Waals surface area contributed by atoms with Gasteiger partial charge in [0.05, 0.1) is 32.8 Å². The fraction of sp³-hybridized carbons (Fsp3) is 0.824. The summed E-state index contributed by atoms with van der Waals surface area (Å²) < 4.78 is 27.5. The van der Waals surface area contributed by atoms with Crippen LogP contribution < -0.4 is 0 Å². The Morgan fingerprint density at radius 3 is 1.81 bits per heavy atom. The SMILES string of the molecule is CCCCCC/C=C\COC(CCC(=O)OCC(C)COC(=O)OCCCN(CC)CC)OC/C=C\CCCCCC. The Bertz CT molecular complexity index is 653. The Morgan fingerprint density at radius 1 is 0.690 bits per heavy atom. The van der Waals surface area contributed by atoms with Crippen molar-refractivity contribution in [3.05, 3.63) is 24.3 Å². The van der Waals surface area contributed by atoms with E-state index in [1.54, 1.807) is 0 Å². The van der Waals surface area contributed by atoms with E-state index in [2.05, 4.69) is 44.7 Å². The molecule has 0 saturated carbocycles. The van der Waals surface area contributed by atoms with Crippen molar-refractivity contribution < 1.29 is 33.3 Å². The van der Waals surface area contributed by atoms with Gasteiger partial charge in [0, 0.05) is 18.9 Å². The maximum absolute atomic E-state index is 12.4. The lowest BCUT2D eigenvalue weighted by Gasteiger charge is -2.18. The van der Waals surface area contributed by atoms with Crippen LogP contribution in [0.15, 0.2) is 24.3 Å². The van der Waals surface area contributed by atoms with Gasteiger partial charge in [0.25, 0.3) is 0 Å². The van der Waals surface area contributed by atoms with Crippen molar-refractivity contribution in [1.29, 1.82) is 0 Å². The van der Waals surface area contributed by atoms with E-state index in [0.29, 0.717) is 26.2 Å². The third kappa shape index (κ3) is 27.0. The molecule has 0 fully saturated rings. The predicted molar refractivity (Wildman–Crippen MR) is 171 cm³/mol. The molecule has 0 aromatic carbocycles. The van der Waals surface area contributed by atoms with E-state index in [4.69, 9.17) is 23.7 Å². The molecule has 246 valence electrons. The fourth-order valence-electron chi connectivity index (χ4n) is 4.12. The monoisotopic (exact) mass is 597 g/mol. The molecule has 0 radical (unpaired) electrons. The van der Waals surface area contributed by atoms with Gasteiger partial charge in [0.1, 0.15) is 6.61 Å². The molecule has 1 unspecified atom stereocenters. The van der Waals surface area contributed by atoms with E-state index < -0.39 is 12.4 Å². The van der Waals surface area contributed by atoms with Crippen LogP contribution in [0.3, 0.4) is 0 Å². The summed E-state index contributed by atoms with van der Waals surface area (Å²) in [5.41, 5.74) is 0. The summed E-state index contributed by atoms with van der Waals surface area (Å²) in [4.78, 5) is 26.5. The van der Waals surface area contributed by atoms with Crippen LogP contribution in [0.1, 0.15) is 118 Å². The first-order chi connectivity index (χ1) is 20.5. The number of carbonyl (C=O) groups excluding carboxylic acids is 2. The number of esters is 1. The summed E-state index contributed by atoms with van der Waals surface area (Å²) in [5, 5.41) is 0. The van der Waals surface area contributed by atoms with E-state index in [1.807, 2.05) is 19.1 Å². The molecule has 0 rings (SSSR count). The number of rotatable bonds is 29. The summed E-state index contributed by atoms with van der Waals surface area (Å²) in [7, 11) is 0. The van der Waals surface area contributed by atoms with Gasteiger partial charge in [-0.25, -0.2) is 4.79 Å². The first-order valence-corrected chi connectivity index (χ1v) is 16.7. The van der Waals surface area contributed by atoms with Gasteiger partial charge in [-0.2, -0.15) is 0 Å². The van der Waals surface area contributed by atoms with Gasteiger partial charge in [0.2, 0.25) is 0 Å². The summed E-state index contributed by atoms with van der Waals surface area (Å²) in [6.45, 7) is 14.9. The lowest BCUT2D eigenvalue weighted by molar-refractivity contribution is -0.154. The molecule has 0 saturated heterocycles. The first kappa shape index (κ1) is 40.1. The second-order valence-corrected chi connectivity index (χ2v) is 10.9. The summed E-state index contributed by atoms with van der Waals surface area (Å²) in [5.74, 6) is -0.457. The van der Waals surface area contributed by atoms with Gasteiger partial charge in [0.15, 0.2) is 6.29 Å². The number of unbranched alkanes of at least 4 members (excludes halogenated alkanes) is 8. The average molecular weight is 598 g/mol. The van der Waals surface area contributed by atoms with Gasteiger partial charge in [-0.1, -0.05) is 97.4 Å². The number of hydrogen-bond donors (Lipinski definition) is 0. The van der Waals surface area contributed by atoms with Crippen molar-refractivity contribution in [2.75, 3.05) is 52.7 Å². The first-order valence-electron chi connectivity index (χ1n) is 16.7. The van der Waals surface area contributed by atoms with Crippen molar-refractivity contribution in [1.82, 2.24) is 4.90 Å². The van der Waals surface area contributed by atoms with Crippen molar-refractivity contribution in [3.63, 3.8) is 0 Å². The summed E-state index contributed by atoms with van der Waals surface area (Å²) >= 11 is 0. The standard InChI is InChI=1S/C34H63NO7/c1-6-10-12-14-16-18-20-26-38-33(39-27-21-19-17-15-13-11-7-2)24-23-32(36)41-29-31(5)30-42-34(37)40-28-22-25-35(8-3)9-4/h18-21,31,33H,6-17,22-30H2,1-5H3/b20-18-,21-19-. The van der Waals surface area contributed by atoms with Gasteiger partial charge in [-0.3, -0.25) is 4.79 Å². The van der Waals surface area contributed by atoms with Crippen LogP contribution in [-0.4, -0.2) is 76.0 Å². The molecule has 0 spiro atoms. The molecule has 0 aromatic rings. The average Bonchev–Trinajstić information content (AvgIpc) is 2.99. The molecule has 0 aliphatic heterocycles. The number of carbonyl (C=O) groups is 2. The normalized spacial score (nSPS) is 12.5. The Morgan fingerprint density at radius 2 is 1.26 bits per heavy atom. The second kappa shape index (κ2) is 30.6. The molecule has 0 N–H and O–H groups in total. The number of allylic oxidation sites excluding steroid dienone is 2. The molecule has 8 nitrogen and oxygen atoms in total. The van der Waals surface area contributed by atoms with Gasteiger partial charge < -0.3 is 28.6 Å². The molecule has 42 heavy (non-hydrogen) atoms.